The largest absolute Gasteiger partial charge is 0.495 e. The summed E-state index contributed by atoms with van der Waals surface area (Å²) >= 11 is 0. The predicted molar refractivity (Wildman–Crippen MR) is 118 cm³/mol. The van der Waals surface area contributed by atoms with E-state index in [0.717, 1.165) is 31.4 Å². The Morgan fingerprint density at radius 3 is 2.84 bits per heavy atom. The van der Waals surface area contributed by atoms with Crippen LogP contribution in [0.4, 0.5) is 17.5 Å². The Labute approximate surface area is 180 Å². The van der Waals surface area contributed by atoms with Gasteiger partial charge in [-0.1, -0.05) is 6.07 Å². The highest BCUT2D eigenvalue weighted by molar-refractivity contribution is 6.05. The number of piperidine rings is 1. The van der Waals surface area contributed by atoms with Crippen molar-refractivity contribution in [2.45, 2.75) is 51.5 Å². The molecule has 0 spiro atoms. The van der Waals surface area contributed by atoms with Crippen LogP contribution < -0.4 is 25.8 Å². The van der Waals surface area contributed by atoms with Crippen LogP contribution in [-0.2, 0) is 9.59 Å². The Morgan fingerprint density at radius 2 is 2.10 bits per heavy atom. The molecule has 31 heavy (non-hydrogen) atoms. The van der Waals surface area contributed by atoms with Crippen molar-refractivity contribution in [2.24, 2.45) is 0 Å². The van der Waals surface area contributed by atoms with Gasteiger partial charge in [0.25, 0.3) is 5.56 Å². The zero-order valence-corrected chi connectivity index (χ0v) is 17.9. The van der Waals surface area contributed by atoms with Gasteiger partial charge in [-0.25, -0.2) is 0 Å². The van der Waals surface area contributed by atoms with Crippen LogP contribution in [0.5, 0.6) is 5.75 Å². The molecule has 0 unspecified atom stereocenters. The molecule has 1 aromatic carbocycles. The third-order valence-electron chi connectivity index (χ3n) is 5.94. The number of methoxy groups -OCH3 is 1. The number of carbonyl (C=O) groups is 2. The standard InChI is InChI=1S/C22H27N5O4/c1-12-7-8-16(31-3)15(10-12)23-20(29)14-11-17(28)24-19-18(14)21(30)26-22(25-19)27-9-5-4-6-13(27)2/h7-8,10,13-14H,4-6,9,11H2,1-3H3,(H,23,29)(H2,24,25,26,28,30)/t13-,14-/m1/s1. The van der Waals surface area contributed by atoms with Crippen LogP contribution in [0, 0.1) is 6.92 Å². The average Bonchev–Trinajstić information content (AvgIpc) is 2.73. The van der Waals surface area contributed by atoms with E-state index in [-0.39, 0.29) is 29.8 Å². The van der Waals surface area contributed by atoms with Gasteiger partial charge in [0.1, 0.15) is 11.6 Å². The van der Waals surface area contributed by atoms with E-state index >= 15 is 0 Å². The third kappa shape index (κ3) is 4.12. The number of nitrogens with one attached hydrogen (secondary N) is 3. The number of benzene rings is 1. The minimum absolute atomic E-state index is 0.128. The fraction of sp³-hybridized carbons (Fsp3) is 0.455. The van der Waals surface area contributed by atoms with E-state index in [1.807, 2.05) is 17.9 Å². The molecule has 4 rings (SSSR count). The zero-order valence-electron chi connectivity index (χ0n) is 17.9. The van der Waals surface area contributed by atoms with Crippen molar-refractivity contribution in [1.29, 1.82) is 0 Å². The second-order valence-corrected chi connectivity index (χ2v) is 8.19. The number of ether oxygens (including phenoxy) is 1. The van der Waals surface area contributed by atoms with Gasteiger partial charge < -0.3 is 20.3 Å². The molecule has 2 aliphatic heterocycles. The number of amides is 2. The first-order valence-electron chi connectivity index (χ1n) is 10.5. The number of aromatic amines is 1. The molecule has 2 atom stereocenters. The Hall–Kier alpha value is -3.36. The summed E-state index contributed by atoms with van der Waals surface area (Å²) in [6.45, 7) is 4.77. The Balaban J connectivity index is 1.67. The molecular weight excluding hydrogens is 398 g/mol. The summed E-state index contributed by atoms with van der Waals surface area (Å²) in [4.78, 5) is 47.9. The van der Waals surface area contributed by atoms with Crippen molar-refractivity contribution < 1.29 is 14.3 Å². The number of aryl methyl sites for hydroxylation is 1. The first-order valence-corrected chi connectivity index (χ1v) is 10.5. The topological polar surface area (TPSA) is 116 Å². The van der Waals surface area contributed by atoms with E-state index in [1.165, 1.54) is 7.11 Å². The second kappa shape index (κ2) is 8.41. The molecule has 164 valence electrons. The lowest BCUT2D eigenvalue weighted by molar-refractivity contribution is -0.123. The van der Waals surface area contributed by atoms with Crippen LogP contribution in [0.15, 0.2) is 23.0 Å². The zero-order chi connectivity index (χ0) is 22.1. The van der Waals surface area contributed by atoms with Crippen LogP contribution in [0.25, 0.3) is 0 Å². The van der Waals surface area contributed by atoms with Gasteiger partial charge in [0.2, 0.25) is 17.8 Å². The van der Waals surface area contributed by atoms with Crippen LogP contribution in [0.1, 0.15) is 49.7 Å². The highest BCUT2D eigenvalue weighted by Crippen LogP contribution is 2.33. The fourth-order valence-electron chi connectivity index (χ4n) is 4.27. The molecule has 3 N–H and O–H groups in total. The summed E-state index contributed by atoms with van der Waals surface area (Å²) in [6, 6.07) is 5.65. The van der Waals surface area contributed by atoms with Crippen molar-refractivity contribution >= 4 is 29.3 Å². The first kappa shape index (κ1) is 20.9. The van der Waals surface area contributed by atoms with Crippen LogP contribution in [0.3, 0.4) is 0 Å². The molecule has 1 aromatic heterocycles. The fourth-order valence-corrected chi connectivity index (χ4v) is 4.27. The van der Waals surface area contributed by atoms with Crippen molar-refractivity contribution in [3.8, 4) is 5.75 Å². The molecular formula is C22H27N5O4. The van der Waals surface area contributed by atoms with Crippen LogP contribution in [-0.4, -0.2) is 41.5 Å². The Kier molecular flexibility index (Phi) is 5.67. The van der Waals surface area contributed by atoms with E-state index in [2.05, 4.69) is 27.5 Å². The van der Waals surface area contributed by atoms with Gasteiger partial charge in [-0.05, 0) is 50.8 Å². The smallest absolute Gasteiger partial charge is 0.258 e. The molecule has 0 radical (unpaired) electrons. The molecule has 2 aliphatic rings. The number of aromatic nitrogens is 2. The number of hydrogen-bond donors (Lipinski definition) is 3. The summed E-state index contributed by atoms with van der Waals surface area (Å²) in [6.07, 6.45) is 3.03. The molecule has 2 aromatic rings. The van der Waals surface area contributed by atoms with Crippen molar-refractivity contribution in [3.63, 3.8) is 0 Å². The summed E-state index contributed by atoms with van der Waals surface area (Å²) in [5.74, 6) is -0.660. The summed E-state index contributed by atoms with van der Waals surface area (Å²) in [5.41, 5.74) is 1.20. The summed E-state index contributed by atoms with van der Waals surface area (Å²) in [7, 11) is 1.52. The minimum atomic E-state index is -0.946. The number of fused-ring (bicyclic) bond motifs is 1. The molecule has 9 nitrogen and oxygen atoms in total. The van der Waals surface area contributed by atoms with E-state index in [1.54, 1.807) is 12.1 Å². The Bertz CT molecular complexity index is 1080. The first-order chi connectivity index (χ1) is 14.9. The van der Waals surface area contributed by atoms with E-state index < -0.39 is 17.4 Å². The van der Waals surface area contributed by atoms with Crippen molar-refractivity contribution in [1.82, 2.24) is 9.97 Å². The number of hydrogen-bond acceptors (Lipinski definition) is 6. The van der Waals surface area contributed by atoms with Gasteiger partial charge in [0, 0.05) is 19.0 Å². The third-order valence-corrected chi connectivity index (χ3v) is 5.94. The normalized spacial score (nSPS) is 20.6. The average molecular weight is 425 g/mol. The van der Waals surface area contributed by atoms with E-state index in [0.29, 0.717) is 17.4 Å². The maximum absolute atomic E-state index is 13.1. The molecule has 1 saturated heterocycles. The molecule has 0 saturated carbocycles. The van der Waals surface area contributed by atoms with Crippen molar-refractivity contribution in [3.05, 3.63) is 39.7 Å². The van der Waals surface area contributed by atoms with Gasteiger partial charge in [-0.2, -0.15) is 4.98 Å². The molecule has 0 aliphatic carbocycles. The van der Waals surface area contributed by atoms with E-state index in [9.17, 15) is 14.4 Å². The SMILES string of the molecule is COc1ccc(C)cc1NC(=O)[C@@H]1CC(=O)Nc2nc(N3CCCC[C@H]3C)[nH]c(=O)c21. The lowest BCUT2D eigenvalue weighted by atomic mass is 9.92. The number of H-pyrrole nitrogens is 1. The quantitative estimate of drug-likeness (QED) is 0.693. The highest BCUT2D eigenvalue weighted by Gasteiger charge is 2.36. The highest BCUT2D eigenvalue weighted by atomic mass is 16.5. The van der Waals surface area contributed by atoms with Crippen LogP contribution in [0.2, 0.25) is 0 Å². The molecule has 2 amide bonds. The van der Waals surface area contributed by atoms with Gasteiger partial charge in [-0.15, -0.1) is 0 Å². The predicted octanol–water partition coefficient (Wildman–Crippen LogP) is 2.53. The number of anilines is 3. The summed E-state index contributed by atoms with van der Waals surface area (Å²) < 4.78 is 5.32. The molecule has 3 heterocycles. The maximum Gasteiger partial charge on any atom is 0.258 e. The Morgan fingerprint density at radius 1 is 1.29 bits per heavy atom. The number of rotatable bonds is 4. The molecule has 1 fully saturated rings. The lowest BCUT2D eigenvalue weighted by Crippen LogP contribution is -2.42. The number of carbonyl (C=O) groups excluding carboxylic acids is 2. The van der Waals surface area contributed by atoms with Crippen LogP contribution >= 0.6 is 0 Å². The van der Waals surface area contributed by atoms with Gasteiger partial charge in [-0.3, -0.25) is 19.4 Å². The van der Waals surface area contributed by atoms with Gasteiger partial charge in [0.05, 0.1) is 24.3 Å². The van der Waals surface area contributed by atoms with Crippen molar-refractivity contribution in [2.75, 3.05) is 29.2 Å². The maximum atomic E-state index is 13.1. The summed E-state index contributed by atoms with van der Waals surface area (Å²) in [5, 5.41) is 5.48. The number of nitrogens with zero attached hydrogens (tertiary/aromatic N) is 2. The molecule has 9 heteroatoms. The van der Waals surface area contributed by atoms with E-state index in [4.69, 9.17) is 4.74 Å². The minimum Gasteiger partial charge on any atom is -0.495 e. The second-order valence-electron chi connectivity index (χ2n) is 8.19. The van der Waals surface area contributed by atoms with Gasteiger partial charge >= 0.3 is 0 Å². The lowest BCUT2D eigenvalue weighted by Gasteiger charge is -2.34. The molecule has 0 bridgehead atoms. The van der Waals surface area contributed by atoms with Gasteiger partial charge in [0.15, 0.2) is 0 Å². The monoisotopic (exact) mass is 425 g/mol.